The number of carbonyl (C=O) groups excluding carboxylic acids is 2. The molecule has 1 unspecified atom stereocenters. The number of ketones is 1. The lowest BCUT2D eigenvalue weighted by atomic mass is 9.90. The van der Waals surface area contributed by atoms with E-state index in [2.05, 4.69) is 0 Å². The van der Waals surface area contributed by atoms with Gasteiger partial charge < -0.3 is 19.0 Å². The molecule has 7 heteroatoms. The topological polar surface area (TPSA) is 103 Å². The Hall–Kier alpha value is -3.09. The number of phenolic OH excluding ortho intramolecular Hbond substituents is 1. The van der Waals surface area contributed by atoms with Crippen molar-refractivity contribution in [3.63, 3.8) is 0 Å². The minimum absolute atomic E-state index is 0.0306. The van der Waals surface area contributed by atoms with Crippen molar-refractivity contribution in [2.75, 3.05) is 0 Å². The van der Waals surface area contributed by atoms with Crippen LogP contribution in [0, 0.1) is 5.92 Å². The lowest BCUT2D eigenvalue weighted by molar-refractivity contribution is -0.146. The van der Waals surface area contributed by atoms with Crippen molar-refractivity contribution in [2.24, 2.45) is 5.92 Å². The Bertz CT molecular complexity index is 1140. The lowest BCUT2D eigenvalue weighted by Gasteiger charge is -2.30. The first kappa shape index (κ1) is 22.6. The molecule has 0 amide bonds. The SMILES string of the molecule is CCC(OC(C)=O)c1cc(=O)oc2c(C(=O)CC(C)C)c(O)c3c(c12)OC(C)(C)C=C3. The van der Waals surface area contributed by atoms with Gasteiger partial charge in [-0.05, 0) is 38.3 Å². The third kappa shape index (κ3) is 4.36. The van der Waals surface area contributed by atoms with Crippen LogP contribution in [-0.4, -0.2) is 22.5 Å². The third-order valence-corrected chi connectivity index (χ3v) is 5.10. The first-order valence-corrected chi connectivity index (χ1v) is 10.4. The van der Waals surface area contributed by atoms with Crippen molar-refractivity contribution in [1.82, 2.24) is 0 Å². The van der Waals surface area contributed by atoms with E-state index >= 15 is 0 Å². The van der Waals surface area contributed by atoms with Gasteiger partial charge >= 0.3 is 11.6 Å². The van der Waals surface area contributed by atoms with Crippen molar-refractivity contribution in [3.8, 4) is 11.5 Å². The molecular formula is C24H28O7. The molecule has 2 heterocycles. The number of phenols is 1. The molecule has 0 saturated carbocycles. The molecule has 0 saturated heterocycles. The van der Waals surface area contributed by atoms with Crippen LogP contribution in [-0.2, 0) is 9.53 Å². The van der Waals surface area contributed by atoms with Gasteiger partial charge in [0.05, 0.1) is 10.9 Å². The predicted octanol–water partition coefficient (Wildman–Crippen LogP) is 4.93. The highest BCUT2D eigenvalue weighted by molar-refractivity contribution is 6.12. The molecule has 0 aliphatic carbocycles. The van der Waals surface area contributed by atoms with E-state index in [1.807, 2.05) is 34.6 Å². The average Bonchev–Trinajstić information content (AvgIpc) is 2.63. The van der Waals surface area contributed by atoms with Gasteiger partial charge in [0.1, 0.15) is 28.8 Å². The van der Waals surface area contributed by atoms with Gasteiger partial charge in [-0.25, -0.2) is 4.79 Å². The summed E-state index contributed by atoms with van der Waals surface area (Å²) in [5.41, 5.74) is -0.826. The Balaban J connectivity index is 2.47. The van der Waals surface area contributed by atoms with Crippen molar-refractivity contribution >= 4 is 28.8 Å². The first-order valence-electron chi connectivity index (χ1n) is 10.4. The predicted molar refractivity (Wildman–Crippen MR) is 116 cm³/mol. The second kappa shape index (κ2) is 8.21. The van der Waals surface area contributed by atoms with E-state index in [-0.39, 0.29) is 40.8 Å². The van der Waals surface area contributed by atoms with E-state index in [0.717, 1.165) is 0 Å². The Morgan fingerprint density at radius 3 is 2.52 bits per heavy atom. The fourth-order valence-electron chi connectivity index (χ4n) is 3.80. The van der Waals surface area contributed by atoms with Crippen molar-refractivity contribution in [1.29, 1.82) is 0 Å². The molecule has 2 aromatic rings. The molecule has 166 valence electrons. The smallest absolute Gasteiger partial charge is 0.336 e. The van der Waals surface area contributed by atoms with E-state index in [0.29, 0.717) is 22.9 Å². The zero-order valence-corrected chi connectivity index (χ0v) is 18.7. The van der Waals surface area contributed by atoms with Crippen molar-refractivity contribution in [2.45, 2.75) is 66.1 Å². The minimum Gasteiger partial charge on any atom is -0.506 e. The summed E-state index contributed by atoms with van der Waals surface area (Å²) in [5.74, 6) is -0.827. The zero-order chi connectivity index (χ0) is 23.1. The van der Waals surface area contributed by atoms with Gasteiger partial charge in [-0.3, -0.25) is 9.59 Å². The summed E-state index contributed by atoms with van der Waals surface area (Å²) in [4.78, 5) is 37.2. The lowest BCUT2D eigenvalue weighted by Crippen LogP contribution is -2.28. The molecule has 1 N–H and O–H groups in total. The molecule has 0 fully saturated rings. The van der Waals surface area contributed by atoms with E-state index in [1.165, 1.54) is 13.0 Å². The maximum absolute atomic E-state index is 13.1. The highest BCUT2D eigenvalue weighted by Crippen LogP contribution is 2.48. The van der Waals surface area contributed by atoms with E-state index in [1.54, 1.807) is 12.2 Å². The summed E-state index contributed by atoms with van der Waals surface area (Å²) in [5, 5.41) is 11.4. The van der Waals surface area contributed by atoms with Gasteiger partial charge in [-0.1, -0.05) is 20.8 Å². The molecule has 1 aromatic carbocycles. The van der Waals surface area contributed by atoms with Crippen LogP contribution in [0.15, 0.2) is 21.4 Å². The number of carbonyl (C=O) groups is 2. The summed E-state index contributed by atoms with van der Waals surface area (Å²) in [6.45, 7) is 10.6. The molecule has 1 aliphatic heterocycles. The second-order valence-electron chi connectivity index (χ2n) is 8.76. The van der Waals surface area contributed by atoms with E-state index in [9.17, 15) is 19.5 Å². The Kier molecular flexibility index (Phi) is 5.98. The van der Waals surface area contributed by atoms with Crippen LogP contribution in [0.4, 0.5) is 0 Å². The second-order valence-corrected chi connectivity index (χ2v) is 8.76. The summed E-state index contributed by atoms with van der Waals surface area (Å²) in [6, 6.07) is 1.25. The van der Waals surface area contributed by atoms with Gasteiger partial charge in [0, 0.05) is 25.0 Å². The Labute approximate surface area is 180 Å². The van der Waals surface area contributed by atoms with Gasteiger partial charge in [-0.15, -0.1) is 0 Å². The number of benzene rings is 1. The van der Waals surface area contributed by atoms with Crippen LogP contribution >= 0.6 is 0 Å². The van der Waals surface area contributed by atoms with Crippen molar-refractivity contribution < 1.29 is 28.6 Å². The molecule has 0 radical (unpaired) electrons. The summed E-state index contributed by atoms with van der Waals surface area (Å²) < 4.78 is 17.1. The number of Topliss-reactive ketones (excluding diaryl/α,β-unsaturated/α-hetero) is 1. The Morgan fingerprint density at radius 1 is 1.26 bits per heavy atom. The van der Waals surface area contributed by atoms with Crippen LogP contribution in [0.5, 0.6) is 11.5 Å². The summed E-state index contributed by atoms with van der Waals surface area (Å²) >= 11 is 0. The van der Waals surface area contributed by atoms with Crippen LogP contribution in [0.25, 0.3) is 17.0 Å². The molecule has 0 spiro atoms. The molecule has 31 heavy (non-hydrogen) atoms. The highest BCUT2D eigenvalue weighted by Gasteiger charge is 2.34. The van der Waals surface area contributed by atoms with E-state index < -0.39 is 23.3 Å². The van der Waals surface area contributed by atoms with Crippen LogP contribution < -0.4 is 10.4 Å². The molecule has 0 bridgehead atoms. The highest BCUT2D eigenvalue weighted by atomic mass is 16.5. The Morgan fingerprint density at radius 2 is 1.94 bits per heavy atom. The van der Waals surface area contributed by atoms with Crippen LogP contribution in [0.1, 0.15) is 82.0 Å². The van der Waals surface area contributed by atoms with Crippen molar-refractivity contribution in [3.05, 3.63) is 39.3 Å². The minimum atomic E-state index is -0.747. The normalized spacial score (nSPS) is 15.5. The zero-order valence-electron chi connectivity index (χ0n) is 18.7. The number of ether oxygens (including phenoxy) is 2. The molecular weight excluding hydrogens is 400 g/mol. The molecule has 1 aliphatic rings. The third-order valence-electron chi connectivity index (χ3n) is 5.10. The fraction of sp³-hybridized carbons (Fsp3) is 0.458. The van der Waals surface area contributed by atoms with Gasteiger partial charge in [-0.2, -0.15) is 0 Å². The van der Waals surface area contributed by atoms with Crippen LogP contribution in [0.3, 0.4) is 0 Å². The maximum Gasteiger partial charge on any atom is 0.336 e. The van der Waals surface area contributed by atoms with Gasteiger partial charge in [0.25, 0.3) is 0 Å². The summed E-state index contributed by atoms with van der Waals surface area (Å²) in [7, 11) is 0. The van der Waals surface area contributed by atoms with Gasteiger partial charge in [0.15, 0.2) is 11.4 Å². The number of aromatic hydroxyl groups is 1. The number of esters is 1. The van der Waals surface area contributed by atoms with Crippen LogP contribution in [0.2, 0.25) is 0 Å². The molecule has 1 atom stereocenters. The number of fused-ring (bicyclic) bond motifs is 3. The molecule has 7 nitrogen and oxygen atoms in total. The van der Waals surface area contributed by atoms with Gasteiger partial charge in [0.2, 0.25) is 0 Å². The number of hydrogen-bond donors (Lipinski definition) is 1. The average molecular weight is 428 g/mol. The quantitative estimate of drug-likeness (QED) is 0.395. The molecule has 3 rings (SSSR count). The van der Waals surface area contributed by atoms with E-state index in [4.69, 9.17) is 13.9 Å². The maximum atomic E-state index is 13.1. The number of hydrogen-bond acceptors (Lipinski definition) is 7. The largest absolute Gasteiger partial charge is 0.506 e. The standard InChI is InChI=1S/C24H28O7/c1-7-17(29-13(4)25)15-11-18(27)30-23-19(15)22-14(8-9-24(5,6)31-22)21(28)20(23)16(26)10-12(2)3/h8-9,11-12,17,28H,7,10H2,1-6H3. The molecule has 1 aromatic heterocycles. The first-order chi connectivity index (χ1) is 14.4. The monoisotopic (exact) mass is 428 g/mol. The number of rotatable bonds is 6. The summed E-state index contributed by atoms with van der Waals surface area (Å²) in [6.07, 6.45) is 3.28. The fourth-order valence-corrected chi connectivity index (χ4v) is 3.80.